The lowest BCUT2D eigenvalue weighted by molar-refractivity contribution is 0.201. The Morgan fingerprint density at radius 3 is 2.59 bits per heavy atom. The number of likely N-dealkylation sites (N-methyl/N-ethyl adjacent to an activating group) is 1. The summed E-state index contributed by atoms with van der Waals surface area (Å²) in [6.07, 6.45) is 3.74. The lowest BCUT2D eigenvalue weighted by Crippen LogP contribution is -2.41. The number of amides is 2. The minimum atomic E-state index is -0.0167. The van der Waals surface area contributed by atoms with Crippen molar-refractivity contribution in [1.29, 1.82) is 0 Å². The van der Waals surface area contributed by atoms with Gasteiger partial charge >= 0.3 is 6.03 Å². The Hall–Kier alpha value is -1.75. The lowest BCUT2D eigenvalue weighted by atomic mass is 10.2. The van der Waals surface area contributed by atoms with Crippen LogP contribution in [0.25, 0.3) is 0 Å². The molecule has 2 amide bonds. The summed E-state index contributed by atoms with van der Waals surface area (Å²) in [4.78, 5) is 19.0. The fourth-order valence-corrected chi connectivity index (χ4v) is 3.19. The number of hydrogen-bond acceptors (Lipinski definition) is 3. The molecule has 0 aromatic heterocycles. The van der Waals surface area contributed by atoms with Gasteiger partial charge in [0.2, 0.25) is 0 Å². The molecule has 2 fully saturated rings. The molecule has 1 aliphatic carbocycles. The second-order valence-electron chi connectivity index (χ2n) is 6.62. The summed E-state index contributed by atoms with van der Waals surface area (Å²) in [7, 11) is 5.88. The van der Waals surface area contributed by atoms with Crippen LogP contribution in [0.3, 0.4) is 0 Å². The number of nitrogens with one attached hydrogen (secondary N) is 1. The highest BCUT2D eigenvalue weighted by atomic mass is 16.2. The number of hydrogen-bond donors (Lipinski definition) is 1. The normalized spacial score (nSPS) is 21.7. The molecule has 120 valence electrons. The first-order chi connectivity index (χ1) is 10.6. The molecule has 5 heteroatoms. The van der Waals surface area contributed by atoms with Crippen LogP contribution in [-0.2, 0) is 0 Å². The van der Waals surface area contributed by atoms with E-state index in [1.807, 2.05) is 55.2 Å². The quantitative estimate of drug-likeness (QED) is 0.928. The predicted molar refractivity (Wildman–Crippen MR) is 90.6 cm³/mol. The van der Waals surface area contributed by atoms with Gasteiger partial charge in [-0.1, -0.05) is 12.1 Å². The van der Waals surface area contributed by atoms with Gasteiger partial charge in [-0.15, -0.1) is 0 Å². The van der Waals surface area contributed by atoms with Crippen molar-refractivity contribution in [2.75, 3.05) is 44.4 Å². The van der Waals surface area contributed by atoms with Crippen LogP contribution in [0.4, 0.5) is 16.2 Å². The van der Waals surface area contributed by atoms with Crippen LogP contribution in [0.2, 0.25) is 0 Å². The van der Waals surface area contributed by atoms with Gasteiger partial charge in [-0.05, 0) is 31.4 Å². The van der Waals surface area contributed by atoms with E-state index in [0.717, 1.165) is 36.9 Å². The molecule has 3 rings (SSSR count). The molecular formula is C17H26N4O. The van der Waals surface area contributed by atoms with E-state index in [1.165, 1.54) is 12.8 Å². The first kappa shape index (κ1) is 15.2. The summed E-state index contributed by atoms with van der Waals surface area (Å²) in [5.74, 6) is 0. The lowest BCUT2D eigenvalue weighted by Gasteiger charge is -2.26. The second-order valence-corrected chi connectivity index (χ2v) is 6.62. The summed E-state index contributed by atoms with van der Waals surface area (Å²) in [6, 6.07) is 9.00. The van der Waals surface area contributed by atoms with E-state index in [9.17, 15) is 4.79 Å². The van der Waals surface area contributed by atoms with Gasteiger partial charge < -0.3 is 15.1 Å². The first-order valence-electron chi connectivity index (χ1n) is 8.10. The van der Waals surface area contributed by atoms with E-state index >= 15 is 0 Å². The fourth-order valence-electron chi connectivity index (χ4n) is 3.19. The molecule has 1 heterocycles. The van der Waals surface area contributed by atoms with Gasteiger partial charge in [-0.3, -0.25) is 4.90 Å². The van der Waals surface area contributed by atoms with Crippen LogP contribution >= 0.6 is 0 Å². The number of carbonyl (C=O) groups excluding carboxylic acids is 1. The molecule has 5 nitrogen and oxygen atoms in total. The van der Waals surface area contributed by atoms with Crippen LogP contribution in [0.5, 0.6) is 0 Å². The number of urea groups is 1. The highest BCUT2D eigenvalue weighted by molar-refractivity contribution is 5.93. The van der Waals surface area contributed by atoms with Crippen LogP contribution in [-0.4, -0.2) is 62.1 Å². The maximum absolute atomic E-state index is 12.5. The maximum Gasteiger partial charge on any atom is 0.321 e. The summed E-state index contributed by atoms with van der Waals surface area (Å²) in [5.41, 5.74) is 1.89. The number of para-hydroxylation sites is 2. The van der Waals surface area contributed by atoms with E-state index in [4.69, 9.17) is 0 Å². The van der Waals surface area contributed by atoms with E-state index in [0.29, 0.717) is 6.04 Å². The highest BCUT2D eigenvalue weighted by Crippen LogP contribution is 2.31. The first-order valence-corrected chi connectivity index (χ1v) is 8.10. The smallest absolute Gasteiger partial charge is 0.321 e. The SMILES string of the molecule is CN(C)c1ccccc1NC(=O)N(C)[C@H]1CCN(C2CC2)C1. The Kier molecular flexibility index (Phi) is 4.25. The zero-order valence-electron chi connectivity index (χ0n) is 13.7. The van der Waals surface area contributed by atoms with E-state index in [-0.39, 0.29) is 6.03 Å². The summed E-state index contributed by atoms with van der Waals surface area (Å²) >= 11 is 0. The zero-order chi connectivity index (χ0) is 15.7. The van der Waals surface area contributed by atoms with Crippen molar-refractivity contribution >= 4 is 17.4 Å². The fraction of sp³-hybridized carbons (Fsp3) is 0.588. The van der Waals surface area contributed by atoms with Gasteiger partial charge in [-0.25, -0.2) is 4.79 Å². The van der Waals surface area contributed by atoms with Crippen molar-refractivity contribution in [3.05, 3.63) is 24.3 Å². The molecule has 1 aliphatic heterocycles. The average molecular weight is 302 g/mol. The molecule has 0 unspecified atom stereocenters. The molecule has 1 atom stereocenters. The van der Waals surface area contributed by atoms with E-state index < -0.39 is 0 Å². The predicted octanol–water partition coefficient (Wildman–Crippen LogP) is 2.45. The van der Waals surface area contributed by atoms with Gasteiger partial charge in [0.05, 0.1) is 11.4 Å². The van der Waals surface area contributed by atoms with Crippen molar-refractivity contribution in [3.63, 3.8) is 0 Å². The zero-order valence-corrected chi connectivity index (χ0v) is 13.7. The van der Waals surface area contributed by atoms with Crippen molar-refractivity contribution in [1.82, 2.24) is 9.80 Å². The van der Waals surface area contributed by atoms with Crippen molar-refractivity contribution in [2.45, 2.75) is 31.3 Å². The third-order valence-electron chi connectivity index (χ3n) is 4.75. The van der Waals surface area contributed by atoms with Crippen molar-refractivity contribution < 1.29 is 4.79 Å². The van der Waals surface area contributed by atoms with Crippen molar-refractivity contribution in [2.24, 2.45) is 0 Å². The summed E-state index contributed by atoms with van der Waals surface area (Å²) in [5, 5.41) is 3.06. The molecule has 22 heavy (non-hydrogen) atoms. The van der Waals surface area contributed by atoms with E-state index in [1.54, 1.807) is 0 Å². The molecular weight excluding hydrogens is 276 g/mol. The van der Waals surface area contributed by atoms with Gasteiger partial charge in [0.15, 0.2) is 0 Å². The summed E-state index contributed by atoms with van der Waals surface area (Å²) < 4.78 is 0. The average Bonchev–Trinajstić information content (AvgIpc) is 3.24. The van der Waals surface area contributed by atoms with Crippen LogP contribution in [0.15, 0.2) is 24.3 Å². The monoisotopic (exact) mass is 302 g/mol. The minimum Gasteiger partial charge on any atom is -0.376 e. The molecule has 1 saturated carbocycles. The second kappa shape index (κ2) is 6.16. The number of anilines is 2. The molecule has 2 aliphatic rings. The Morgan fingerprint density at radius 2 is 1.91 bits per heavy atom. The molecule has 1 aromatic carbocycles. The van der Waals surface area contributed by atoms with Crippen LogP contribution < -0.4 is 10.2 Å². The van der Waals surface area contributed by atoms with Gasteiger partial charge in [0.1, 0.15) is 0 Å². The van der Waals surface area contributed by atoms with Gasteiger partial charge in [0, 0.05) is 46.3 Å². The molecule has 0 spiro atoms. The van der Waals surface area contributed by atoms with Crippen molar-refractivity contribution in [3.8, 4) is 0 Å². The largest absolute Gasteiger partial charge is 0.376 e. The number of rotatable bonds is 4. The number of benzene rings is 1. The number of nitrogens with zero attached hydrogens (tertiary/aromatic N) is 3. The standard InChI is InChI=1S/C17H26N4O/c1-19(2)16-7-5-4-6-15(16)18-17(22)20(3)14-10-11-21(12-14)13-8-9-13/h4-7,13-14H,8-12H2,1-3H3,(H,18,22)/t14-/m0/s1. The third-order valence-corrected chi connectivity index (χ3v) is 4.75. The molecule has 0 bridgehead atoms. The molecule has 0 radical (unpaired) electrons. The van der Waals surface area contributed by atoms with E-state index in [2.05, 4.69) is 10.2 Å². The Labute approximate surface area is 132 Å². The summed E-state index contributed by atoms with van der Waals surface area (Å²) in [6.45, 7) is 2.14. The van der Waals surface area contributed by atoms with Crippen LogP contribution in [0, 0.1) is 0 Å². The Morgan fingerprint density at radius 1 is 1.18 bits per heavy atom. The van der Waals surface area contributed by atoms with Crippen LogP contribution in [0.1, 0.15) is 19.3 Å². The molecule has 1 saturated heterocycles. The highest BCUT2D eigenvalue weighted by Gasteiger charge is 2.36. The number of carbonyl (C=O) groups is 1. The molecule has 1 aromatic rings. The topological polar surface area (TPSA) is 38.8 Å². The maximum atomic E-state index is 12.5. The van der Waals surface area contributed by atoms with Gasteiger partial charge in [0.25, 0.3) is 0 Å². The Bertz CT molecular complexity index is 541. The molecule has 1 N–H and O–H groups in total. The number of likely N-dealkylation sites (tertiary alicyclic amines) is 1. The third kappa shape index (κ3) is 3.19. The minimum absolute atomic E-state index is 0.0167. The Balaban J connectivity index is 1.62. The van der Waals surface area contributed by atoms with Gasteiger partial charge in [-0.2, -0.15) is 0 Å².